The molecular weight excluding hydrogens is 358 g/mol. The molecular formula is C14H14BrNO6. The third-order valence-electron chi connectivity index (χ3n) is 2.45. The molecule has 1 aromatic rings. The smallest absolute Gasteiger partial charge is 0.358 e. The number of benzene rings is 1. The summed E-state index contributed by atoms with van der Waals surface area (Å²) in [7, 11) is 0. The standard InChI is InChI=1S/C14H14BrNO6/c1-3-21-14(18)13(22-9(2)17)12(16(19)20)8-10-4-6-11(15)7-5-10/h4-8,13H,3H2,1-2H3/b12-8+. The fraction of sp³-hybridized carbons (Fsp3) is 0.286. The van der Waals surface area contributed by atoms with Crippen molar-refractivity contribution in [3.63, 3.8) is 0 Å². The number of nitrogens with zero attached hydrogens (tertiary/aromatic N) is 1. The predicted octanol–water partition coefficient (Wildman–Crippen LogP) is 2.56. The quantitative estimate of drug-likeness (QED) is 0.433. The Kier molecular flexibility index (Phi) is 6.71. The van der Waals surface area contributed by atoms with E-state index < -0.39 is 28.7 Å². The van der Waals surface area contributed by atoms with Crippen molar-refractivity contribution >= 4 is 33.9 Å². The van der Waals surface area contributed by atoms with Crippen LogP contribution in [0.3, 0.4) is 0 Å². The second-order valence-electron chi connectivity index (χ2n) is 4.12. The Morgan fingerprint density at radius 1 is 1.36 bits per heavy atom. The average Bonchev–Trinajstić information content (AvgIpc) is 2.44. The molecule has 0 N–H and O–H groups in total. The Labute approximate surface area is 135 Å². The molecule has 0 bridgehead atoms. The zero-order chi connectivity index (χ0) is 16.7. The number of ether oxygens (including phenoxy) is 2. The number of carbonyl (C=O) groups is 2. The Balaban J connectivity index is 3.22. The molecule has 118 valence electrons. The first kappa shape index (κ1) is 17.8. The lowest BCUT2D eigenvalue weighted by molar-refractivity contribution is -0.432. The van der Waals surface area contributed by atoms with E-state index in [1.165, 1.54) is 0 Å². The Bertz CT molecular complexity index is 596. The van der Waals surface area contributed by atoms with Gasteiger partial charge in [0.05, 0.1) is 11.5 Å². The Morgan fingerprint density at radius 2 is 1.95 bits per heavy atom. The molecule has 7 nitrogen and oxygen atoms in total. The van der Waals surface area contributed by atoms with Crippen molar-refractivity contribution in [2.75, 3.05) is 6.61 Å². The van der Waals surface area contributed by atoms with Gasteiger partial charge in [0, 0.05) is 17.5 Å². The summed E-state index contributed by atoms with van der Waals surface area (Å²) < 4.78 is 10.3. The highest BCUT2D eigenvalue weighted by molar-refractivity contribution is 9.10. The molecule has 0 aliphatic carbocycles. The molecule has 8 heteroatoms. The predicted molar refractivity (Wildman–Crippen MR) is 81.3 cm³/mol. The van der Waals surface area contributed by atoms with Gasteiger partial charge in [-0.25, -0.2) is 4.79 Å². The van der Waals surface area contributed by atoms with E-state index in [0.717, 1.165) is 17.5 Å². The normalized spacial score (nSPS) is 12.4. The number of rotatable bonds is 6. The molecule has 1 atom stereocenters. The molecule has 0 saturated heterocycles. The number of carbonyl (C=O) groups excluding carboxylic acids is 2. The monoisotopic (exact) mass is 371 g/mol. The summed E-state index contributed by atoms with van der Waals surface area (Å²) in [6.45, 7) is 2.62. The number of hydrogen-bond acceptors (Lipinski definition) is 6. The first-order valence-corrected chi connectivity index (χ1v) is 7.09. The maximum absolute atomic E-state index is 11.8. The van der Waals surface area contributed by atoms with Gasteiger partial charge < -0.3 is 9.47 Å². The first-order chi connectivity index (χ1) is 10.3. The molecule has 0 aliphatic heterocycles. The van der Waals surface area contributed by atoms with Crippen LogP contribution < -0.4 is 0 Å². The van der Waals surface area contributed by atoms with Crippen LogP contribution >= 0.6 is 15.9 Å². The van der Waals surface area contributed by atoms with Crippen molar-refractivity contribution in [3.8, 4) is 0 Å². The first-order valence-electron chi connectivity index (χ1n) is 6.30. The van der Waals surface area contributed by atoms with Gasteiger partial charge in [0.15, 0.2) is 0 Å². The molecule has 0 radical (unpaired) electrons. The van der Waals surface area contributed by atoms with E-state index in [2.05, 4.69) is 15.9 Å². The summed E-state index contributed by atoms with van der Waals surface area (Å²) in [5.74, 6) is -1.81. The summed E-state index contributed by atoms with van der Waals surface area (Å²) in [4.78, 5) is 33.4. The summed E-state index contributed by atoms with van der Waals surface area (Å²) in [6.07, 6.45) is -0.548. The van der Waals surface area contributed by atoms with E-state index in [4.69, 9.17) is 9.47 Å². The lowest BCUT2D eigenvalue weighted by Crippen LogP contribution is -2.33. The van der Waals surface area contributed by atoms with E-state index in [1.54, 1.807) is 31.2 Å². The molecule has 0 heterocycles. The van der Waals surface area contributed by atoms with Crippen molar-refractivity contribution in [1.29, 1.82) is 0 Å². The van der Waals surface area contributed by atoms with Gasteiger partial charge >= 0.3 is 11.9 Å². The highest BCUT2D eigenvalue weighted by atomic mass is 79.9. The van der Waals surface area contributed by atoms with E-state index in [-0.39, 0.29) is 6.61 Å². The van der Waals surface area contributed by atoms with Crippen LogP contribution in [0, 0.1) is 10.1 Å². The number of nitro groups is 1. The molecule has 22 heavy (non-hydrogen) atoms. The van der Waals surface area contributed by atoms with E-state index in [9.17, 15) is 19.7 Å². The van der Waals surface area contributed by atoms with E-state index in [0.29, 0.717) is 5.56 Å². The highest BCUT2D eigenvalue weighted by Gasteiger charge is 2.36. The molecule has 0 spiro atoms. The third-order valence-corrected chi connectivity index (χ3v) is 2.98. The minimum absolute atomic E-state index is 0.0138. The number of hydrogen-bond donors (Lipinski definition) is 0. The van der Waals surface area contributed by atoms with Crippen molar-refractivity contribution < 1.29 is 24.0 Å². The molecule has 0 aromatic heterocycles. The summed E-state index contributed by atoms with van der Waals surface area (Å²) in [5.41, 5.74) is -0.0904. The Morgan fingerprint density at radius 3 is 2.41 bits per heavy atom. The van der Waals surface area contributed by atoms with Gasteiger partial charge in [-0.05, 0) is 24.6 Å². The van der Waals surface area contributed by atoms with Crippen LogP contribution in [-0.2, 0) is 19.1 Å². The number of halogens is 1. The molecule has 0 saturated carbocycles. The van der Waals surface area contributed by atoms with E-state index >= 15 is 0 Å². The van der Waals surface area contributed by atoms with Gasteiger partial charge in [-0.1, -0.05) is 28.1 Å². The minimum Gasteiger partial charge on any atom is -0.463 e. The molecule has 1 aromatic carbocycles. The lowest BCUT2D eigenvalue weighted by Gasteiger charge is -2.13. The van der Waals surface area contributed by atoms with Gasteiger partial charge in [-0.2, -0.15) is 0 Å². The third kappa shape index (κ3) is 5.28. The van der Waals surface area contributed by atoms with Crippen LogP contribution in [0.4, 0.5) is 0 Å². The highest BCUT2D eigenvalue weighted by Crippen LogP contribution is 2.17. The molecule has 0 amide bonds. The zero-order valence-electron chi connectivity index (χ0n) is 11.9. The van der Waals surface area contributed by atoms with Crippen molar-refractivity contribution in [2.24, 2.45) is 0 Å². The van der Waals surface area contributed by atoms with Crippen LogP contribution in [0.15, 0.2) is 34.4 Å². The molecule has 1 unspecified atom stereocenters. The van der Waals surface area contributed by atoms with Crippen LogP contribution in [0.1, 0.15) is 19.4 Å². The molecule has 0 fully saturated rings. The second-order valence-corrected chi connectivity index (χ2v) is 5.04. The number of esters is 2. The lowest BCUT2D eigenvalue weighted by atomic mass is 10.1. The van der Waals surface area contributed by atoms with Crippen LogP contribution in [0.25, 0.3) is 6.08 Å². The van der Waals surface area contributed by atoms with Gasteiger partial charge in [0.1, 0.15) is 0 Å². The molecule has 0 aliphatic rings. The van der Waals surface area contributed by atoms with Crippen molar-refractivity contribution in [3.05, 3.63) is 50.1 Å². The summed E-state index contributed by atoms with van der Waals surface area (Å²) in [6, 6.07) is 6.61. The minimum atomic E-state index is -1.71. The maximum Gasteiger partial charge on any atom is 0.358 e. The van der Waals surface area contributed by atoms with E-state index in [1.807, 2.05) is 0 Å². The van der Waals surface area contributed by atoms with Crippen molar-refractivity contribution in [1.82, 2.24) is 0 Å². The maximum atomic E-state index is 11.8. The van der Waals surface area contributed by atoms with Gasteiger partial charge in [0.2, 0.25) is 0 Å². The van der Waals surface area contributed by atoms with Crippen LogP contribution in [0.5, 0.6) is 0 Å². The second kappa shape index (κ2) is 8.28. The summed E-state index contributed by atoms with van der Waals surface area (Å²) >= 11 is 3.25. The zero-order valence-corrected chi connectivity index (χ0v) is 13.5. The average molecular weight is 372 g/mol. The van der Waals surface area contributed by atoms with Gasteiger partial charge in [-0.15, -0.1) is 0 Å². The topological polar surface area (TPSA) is 95.7 Å². The largest absolute Gasteiger partial charge is 0.463 e. The SMILES string of the molecule is CCOC(=O)C(OC(C)=O)/C(=C\c1ccc(Br)cc1)[N+](=O)[O-]. The summed E-state index contributed by atoms with van der Waals surface area (Å²) in [5, 5.41) is 11.2. The fourth-order valence-corrected chi connectivity index (χ4v) is 1.83. The van der Waals surface area contributed by atoms with Gasteiger partial charge in [-0.3, -0.25) is 14.9 Å². The van der Waals surface area contributed by atoms with Crippen LogP contribution in [0.2, 0.25) is 0 Å². The van der Waals surface area contributed by atoms with Gasteiger partial charge in [0.25, 0.3) is 11.8 Å². The fourth-order valence-electron chi connectivity index (χ4n) is 1.57. The van der Waals surface area contributed by atoms with Crippen molar-refractivity contribution in [2.45, 2.75) is 20.0 Å². The Hall–Kier alpha value is -2.22. The molecule has 1 rings (SSSR count). The van der Waals surface area contributed by atoms with Crippen LogP contribution in [-0.4, -0.2) is 29.6 Å².